The summed E-state index contributed by atoms with van der Waals surface area (Å²) in [7, 11) is 0. The van der Waals surface area contributed by atoms with Crippen LogP contribution in [0.5, 0.6) is 0 Å². The molecular formula is C18H22FN. The van der Waals surface area contributed by atoms with Gasteiger partial charge in [0.2, 0.25) is 0 Å². The molecule has 0 amide bonds. The van der Waals surface area contributed by atoms with Crippen molar-refractivity contribution >= 4 is 0 Å². The number of rotatable bonds is 6. The summed E-state index contributed by atoms with van der Waals surface area (Å²) in [6.07, 6.45) is 1.91. The topological polar surface area (TPSA) is 12.0 Å². The predicted molar refractivity (Wildman–Crippen MR) is 82.5 cm³/mol. The molecule has 1 nitrogen and oxygen atoms in total. The summed E-state index contributed by atoms with van der Waals surface area (Å²) < 4.78 is 12.9. The van der Waals surface area contributed by atoms with Gasteiger partial charge in [-0.3, -0.25) is 0 Å². The first-order chi connectivity index (χ1) is 9.67. The van der Waals surface area contributed by atoms with Crippen LogP contribution in [0.2, 0.25) is 0 Å². The fourth-order valence-corrected chi connectivity index (χ4v) is 2.42. The van der Waals surface area contributed by atoms with Crippen LogP contribution in [0.1, 0.15) is 23.6 Å². The van der Waals surface area contributed by atoms with E-state index in [4.69, 9.17) is 0 Å². The van der Waals surface area contributed by atoms with Crippen LogP contribution >= 0.6 is 0 Å². The van der Waals surface area contributed by atoms with Gasteiger partial charge in [-0.2, -0.15) is 0 Å². The monoisotopic (exact) mass is 271 g/mol. The molecule has 2 heteroatoms. The van der Waals surface area contributed by atoms with Crippen molar-refractivity contribution in [2.45, 2.75) is 32.7 Å². The van der Waals surface area contributed by atoms with Crippen molar-refractivity contribution in [3.63, 3.8) is 0 Å². The summed E-state index contributed by atoms with van der Waals surface area (Å²) in [5.74, 6) is -0.174. The quantitative estimate of drug-likeness (QED) is 0.840. The highest BCUT2D eigenvalue weighted by molar-refractivity contribution is 5.23. The standard InChI is InChI=1S/C18H22FN/c1-3-20-18(12-15-6-4-14(2)5-7-15)13-16-8-10-17(19)11-9-16/h4-11,18,20H,3,12-13H2,1-2H3. The lowest BCUT2D eigenvalue weighted by Gasteiger charge is -2.18. The highest BCUT2D eigenvalue weighted by Crippen LogP contribution is 2.11. The number of hydrogen-bond donors (Lipinski definition) is 1. The maximum atomic E-state index is 12.9. The molecule has 0 fully saturated rings. The van der Waals surface area contributed by atoms with E-state index in [-0.39, 0.29) is 5.82 Å². The summed E-state index contributed by atoms with van der Waals surface area (Å²) in [5.41, 5.74) is 3.79. The molecule has 0 saturated heterocycles. The average Bonchev–Trinajstić information content (AvgIpc) is 2.44. The number of likely N-dealkylation sites (N-methyl/N-ethyl adjacent to an activating group) is 1. The van der Waals surface area contributed by atoms with Crippen LogP contribution in [-0.4, -0.2) is 12.6 Å². The molecule has 1 N–H and O–H groups in total. The van der Waals surface area contributed by atoms with E-state index in [1.54, 1.807) is 0 Å². The Labute approximate surface area is 120 Å². The van der Waals surface area contributed by atoms with Gasteiger partial charge in [0, 0.05) is 6.04 Å². The minimum absolute atomic E-state index is 0.174. The fourth-order valence-electron chi connectivity index (χ4n) is 2.42. The Morgan fingerprint density at radius 3 is 1.90 bits per heavy atom. The van der Waals surface area contributed by atoms with Gasteiger partial charge >= 0.3 is 0 Å². The Balaban J connectivity index is 2.02. The molecule has 0 aliphatic rings. The average molecular weight is 271 g/mol. The molecule has 0 heterocycles. The van der Waals surface area contributed by atoms with Crippen LogP contribution in [-0.2, 0) is 12.8 Å². The Hall–Kier alpha value is -1.67. The first kappa shape index (κ1) is 14.7. The fraction of sp³-hybridized carbons (Fsp3) is 0.333. The molecule has 0 bridgehead atoms. The molecule has 0 radical (unpaired) electrons. The second-order valence-electron chi connectivity index (χ2n) is 5.27. The lowest BCUT2D eigenvalue weighted by atomic mass is 9.98. The lowest BCUT2D eigenvalue weighted by Crippen LogP contribution is -2.33. The van der Waals surface area contributed by atoms with Gasteiger partial charge in [-0.1, -0.05) is 48.9 Å². The molecule has 106 valence electrons. The second kappa shape index (κ2) is 7.20. The first-order valence-electron chi connectivity index (χ1n) is 7.20. The molecule has 0 aromatic heterocycles. The van der Waals surface area contributed by atoms with Crippen LogP contribution in [0, 0.1) is 12.7 Å². The van der Waals surface area contributed by atoms with Crippen molar-refractivity contribution in [1.82, 2.24) is 5.32 Å². The molecule has 2 aromatic carbocycles. The first-order valence-corrected chi connectivity index (χ1v) is 7.20. The minimum Gasteiger partial charge on any atom is -0.314 e. The van der Waals surface area contributed by atoms with E-state index in [1.807, 2.05) is 12.1 Å². The van der Waals surface area contributed by atoms with Crippen LogP contribution in [0.15, 0.2) is 48.5 Å². The Morgan fingerprint density at radius 2 is 1.40 bits per heavy atom. The Kier molecular flexibility index (Phi) is 5.31. The molecule has 20 heavy (non-hydrogen) atoms. The maximum absolute atomic E-state index is 12.9. The summed E-state index contributed by atoms with van der Waals surface area (Å²) >= 11 is 0. The van der Waals surface area contributed by atoms with Crippen molar-refractivity contribution < 1.29 is 4.39 Å². The van der Waals surface area contributed by atoms with Crippen molar-refractivity contribution in [1.29, 1.82) is 0 Å². The van der Waals surface area contributed by atoms with Crippen molar-refractivity contribution in [2.75, 3.05) is 6.54 Å². The smallest absolute Gasteiger partial charge is 0.123 e. The van der Waals surface area contributed by atoms with E-state index in [0.717, 1.165) is 19.4 Å². The zero-order chi connectivity index (χ0) is 14.4. The van der Waals surface area contributed by atoms with Crippen molar-refractivity contribution in [2.24, 2.45) is 0 Å². The zero-order valence-electron chi connectivity index (χ0n) is 12.2. The SMILES string of the molecule is CCNC(Cc1ccc(C)cc1)Cc1ccc(F)cc1. The van der Waals surface area contributed by atoms with Gasteiger partial charge in [-0.15, -0.1) is 0 Å². The highest BCUT2D eigenvalue weighted by Gasteiger charge is 2.09. The third kappa shape index (κ3) is 4.46. The summed E-state index contributed by atoms with van der Waals surface area (Å²) in [6, 6.07) is 15.9. The Morgan fingerprint density at radius 1 is 0.900 bits per heavy atom. The van der Waals surface area contributed by atoms with Crippen LogP contribution in [0.4, 0.5) is 4.39 Å². The van der Waals surface area contributed by atoms with E-state index < -0.39 is 0 Å². The van der Waals surface area contributed by atoms with Gasteiger partial charge in [0.25, 0.3) is 0 Å². The van der Waals surface area contributed by atoms with Crippen molar-refractivity contribution in [3.8, 4) is 0 Å². The van der Waals surface area contributed by atoms with Gasteiger partial charge < -0.3 is 5.32 Å². The summed E-state index contributed by atoms with van der Waals surface area (Å²) in [4.78, 5) is 0. The molecule has 1 unspecified atom stereocenters. The van der Waals surface area contributed by atoms with Gasteiger partial charge in [-0.05, 0) is 49.6 Å². The van der Waals surface area contributed by atoms with E-state index >= 15 is 0 Å². The van der Waals surface area contributed by atoms with Crippen LogP contribution in [0.3, 0.4) is 0 Å². The number of hydrogen-bond acceptors (Lipinski definition) is 1. The molecule has 0 spiro atoms. The van der Waals surface area contributed by atoms with E-state index in [9.17, 15) is 4.39 Å². The second-order valence-corrected chi connectivity index (χ2v) is 5.27. The van der Waals surface area contributed by atoms with Gasteiger partial charge in [0.1, 0.15) is 5.82 Å². The number of benzene rings is 2. The van der Waals surface area contributed by atoms with E-state index in [2.05, 4.69) is 43.4 Å². The molecule has 2 rings (SSSR count). The minimum atomic E-state index is -0.174. The number of halogens is 1. The molecule has 0 aliphatic heterocycles. The molecule has 0 aliphatic carbocycles. The largest absolute Gasteiger partial charge is 0.314 e. The van der Waals surface area contributed by atoms with Gasteiger partial charge in [0.05, 0.1) is 0 Å². The lowest BCUT2D eigenvalue weighted by molar-refractivity contribution is 0.521. The molecule has 0 saturated carbocycles. The third-order valence-electron chi connectivity index (χ3n) is 3.49. The maximum Gasteiger partial charge on any atom is 0.123 e. The molecular weight excluding hydrogens is 249 g/mol. The number of nitrogens with one attached hydrogen (secondary N) is 1. The predicted octanol–water partition coefficient (Wildman–Crippen LogP) is 3.90. The van der Waals surface area contributed by atoms with Gasteiger partial charge in [0.15, 0.2) is 0 Å². The Bertz CT molecular complexity index is 469. The normalized spacial score (nSPS) is 12.3. The third-order valence-corrected chi connectivity index (χ3v) is 3.49. The van der Waals surface area contributed by atoms with E-state index in [0.29, 0.717) is 6.04 Å². The van der Waals surface area contributed by atoms with Crippen LogP contribution in [0.25, 0.3) is 0 Å². The van der Waals surface area contributed by atoms with Gasteiger partial charge in [-0.25, -0.2) is 4.39 Å². The van der Waals surface area contributed by atoms with E-state index in [1.165, 1.54) is 28.8 Å². The highest BCUT2D eigenvalue weighted by atomic mass is 19.1. The van der Waals surface area contributed by atoms with Crippen LogP contribution < -0.4 is 5.32 Å². The van der Waals surface area contributed by atoms with Crippen molar-refractivity contribution in [3.05, 3.63) is 71.0 Å². The molecule has 1 atom stereocenters. The molecule has 2 aromatic rings. The number of aryl methyl sites for hydroxylation is 1. The summed E-state index contributed by atoms with van der Waals surface area (Å²) in [6.45, 7) is 5.16. The summed E-state index contributed by atoms with van der Waals surface area (Å²) in [5, 5.41) is 3.52. The zero-order valence-corrected chi connectivity index (χ0v) is 12.2.